The topological polar surface area (TPSA) is 60.3 Å². The van der Waals surface area contributed by atoms with Gasteiger partial charge in [0, 0.05) is 31.4 Å². The molecule has 0 aliphatic carbocycles. The Hall–Kier alpha value is -3.31. The molecule has 0 radical (unpaired) electrons. The molecular weight excluding hydrogens is 400 g/mol. The van der Waals surface area contributed by atoms with Crippen LogP contribution in [0, 0.1) is 0 Å². The van der Waals surface area contributed by atoms with E-state index in [9.17, 15) is 9.59 Å². The van der Waals surface area contributed by atoms with Crippen LogP contribution < -0.4 is 15.6 Å². The third-order valence-electron chi connectivity index (χ3n) is 4.38. The fourth-order valence-corrected chi connectivity index (χ4v) is 2.97. The van der Waals surface area contributed by atoms with E-state index in [4.69, 9.17) is 16.3 Å². The number of pyridine rings is 1. The second-order valence-corrected chi connectivity index (χ2v) is 7.14. The van der Waals surface area contributed by atoms with Gasteiger partial charge >= 0.3 is 0 Å². The van der Waals surface area contributed by atoms with Crippen molar-refractivity contribution in [3.05, 3.63) is 106 Å². The maximum atomic E-state index is 12.0. The Morgan fingerprint density at radius 3 is 2.57 bits per heavy atom. The van der Waals surface area contributed by atoms with Crippen molar-refractivity contribution in [3.63, 3.8) is 0 Å². The smallest absolute Gasteiger partial charge is 0.250 e. The Kier molecular flexibility index (Phi) is 7.86. The standard InChI is InChI=1S/C24H23ClN2O3/c25-21-10-14-24(29)27(17-21)16-4-15-26-23(28)13-9-19-7-11-22(12-8-19)30-18-20-5-2-1-3-6-20/h1-3,5-14,17H,4,15-16,18H2,(H,26,28)/b13-9+. The molecule has 0 unspecified atom stereocenters. The Bertz CT molecular complexity index is 1040. The number of aryl methyl sites for hydroxylation is 1. The predicted octanol–water partition coefficient (Wildman–Crippen LogP) is 4.30. The molecule has 1 N–H and O–H groups in total. The van der Waals surface area contributed by atoms with Gasteiger partial charge in [-0.05, 0) is 41.8 Å². The van der Waals surface area contributed by atoms with Crippen molar-refractivity contribution in [2.45, 2.75) is 19.6 Å². The molecule has 0 saturated heterocycles. The van der Waals surface area contributed by atoms with Crippen LogP contribution in [0.5, 0.6) is 5.75 Å². The van der Waals surface area contributed by atoms with Crippen LogP contribution in [0.4, 0.5) is 0 Å². The first-order chi connectivity index (χ1) is 14.6. The monoisotopic (exact) mass is 422 g/mol. The number of carbonyl (C=O) groups is 1. The van der Waals surface area contributed by atoms with Crippen molar-refractivity contribution in [3.8, 4) is 5.75 Å². The summed E-state index contributed by atoms with van der Waals surface area (Å²) in [5, 5.41) is 3.32. The number of nitrogens with zero attached hydrogens (tertiary/aromatic N) is 1. The van der Waals surface area contributed by atoms with E-state index in [0.717, 1.165) is 16.9 Å². The average molecular weight is 423 g/mol. The molecular formula is C24H23ClN2O3. The van der Waals surface area contributed by atoms with Crippen LogP contribution in [0.15, 0.2) is 83.8 Å². The van der Waals surface area contributed by atoms with E-state index in [1.807, 2.05) is 54.6 Å². The van der Waals surface area contributed by atoms with Crippen molar-refractivity contribution < 1.29 is 9.53 Å². The first kappa shape index (κ1) is 21.4. The van der Waals surface area contributed by atoms with Gasteiger partial charge in [-0.3, -0.25) is 9.59 Å². The Labute approximate surface area is 180 Å². The van der Waals surface area contributed by atoms with Gasteiger partial charge in [0.25, 0.3) is 5.56 Å². The summed E-state index contributed by atoms with van der Waals surface area (Å²) >= 11 is 5.89. The number of carbonyl (C=O) groups excluding carboxylic acids is 1. The quantitative estimate of drug-likeness (QED) is 0.413. The lowest BCUT2D eigenvalue weighted by Gasteiger charge is -2.07. The third kappa shape index (κ3) is 6.94. The minimum absolute atomic E-state index is 0.109. The molecule has 0 bridgehead atoms. The molecule has 1 heterocycles. The van der Waals surface area contributed by atoms with Gasteiger partial charge in [-0.1, -0.05) is 54.1 Å². The lowest BCUT2D eigenvalue weighted by atomic mass is 10.2. The van der Waals surface area contributed by atoms with Crippen LogP contribution in [0.1, 0.15) is 17.5 Å². The molecule has 3 aromatic rings. The average Bonchev–Trinajstić information content (AvgIpc) is 2.77. The largest absolute Gasteiger partial charge is 0.489 e. The zero-order valence-electron chi connectivity index (χ0n) is 16.5. The number of hydrogen-bond donors (Lipinski definition) is 1. The van der Waals surface area contributed by atoms with Gasteiger partial charge in [0.15, 0.2) is 0 Å². The Balaban J connectivity index is 1.40. The molecule has 0 aliphatic heterocycles. The number of amides is 1. The summed E-state index contributed by atoms with van der Waals surface area (Å²) in [6.07, 6.45) is 5.47. The maximum absolute atomic E-state index is 12.0. The Morgan fingerprint density at radius 1 is 1.03 bits per heavy atom. The molecule has 30 heavy (non-hydrogen) atoms. The molecule has 0 spiro atoms. The highest BCUT2D eigenvalue weighted by Crippen LogP contribution is 2.15. The van der Waals surface area contributed by atoms with Crippen molar-refractivity contribution in [2.24, 2.45) is 0 Å². The summed E-state index contributed by atoms with van der Waals surface area (Å²) in [4.78, 5) is 23.7. The van der Waals surface area contributed by atoms with E-state index >= 15 is 0 Å². The number of halogens is 1. The van der Waals surface area contributed by atoms with E-state index in [1.165, 1.54) is 16.7 Å². The van der Waals surface area contributed by atoms with E-state index in [2.05, 4.69) is 5.32 Å². The van der Waals surface area contributed by atoms with Crippen molar-refractivity contribution in [1.29, 1.82) is 0 Å². The molecule has 0 aliphatic rings. The minimum atomic E-state index is -0.183. The highest BCUT2D eigenvalue weighted by Gasteiger charge is 2.00. The van der Waals surface area contributed by atoms with Crippen LogP contribution in [0.25, 0.3) is 6.08 Å². The third-order valence-corrected chi connectivity index (χ3v) is 4.60. The summed E-state index contributed by atoms with van der Waals surface area (Å²) in [7, 11) is 0. The van der Waals surface area contributed by atoms with E-state index < -0.39 is 0 Å². The lowest BCUT2D eigenvalue weighted by Crippen LogP contribution is -2.25. The predicted molar refractivity (Wildman–Crippen MR) is 120 cm³/mol. The second kappa shape index (κ2) is 11.0. The van der Waals surface area contributed by atoms with Crippen molar-refractivity contribution in [1.82, 2.24) is 9.88 Å². The molecule has 154 valence electrons. The minimum Gasteiger partial charge on any atom is -0.489 e. The molecule has 6 heteroatoms. The first-order valence-electron chi connectivity index (χ1n) is 9.69. The summed E-state index contributed by atoms with van der Waals surface area (Å²) in [6.45, 7) is 1.47. The summed E-state index contributed by atoms with van der Waals surface area (Å²) in [6, 6.07) is 20.5. The van der Waals surface area contributed by atoms with E-state index in [0.29, 0.717) is 31.1 Å². The second-order valence-electron chi connectivity index (χ2n) is 6.70. The highest BCUT2D eigenvalue weighted by atomic mass is 35.5. The molecule has 5 nitrogen and oxygen atoms in total. The first-order valence-corrected chi connectivity index (χ1v) is 10.1. The van der Waals surface area contributed by atoms with Crippen molar-refractivity contribution >= 4 is 23.6 Å². The van der Waals surface area contributed by atoms with Gasteiger partial charge in [0.1, 0.15) is 12.4 Å². The molecule has 1 aromatic heterocycles. The van der Waals surface area contributed by atoms with Crippen LogP contribution in [0.3, 0.4) is 0 Å². The van der Waals surface area contributed by atoms with Crippen LogP contribution >= 0.6 is 11.6 Å². The molecule has 1 amide bonds. The number of nitrogens with one attached hydrogen (secondary N) is 1. The maximum Gasteiger partial charge on any atom is 0.250 e. The number of aromatic nitrogens is 1. The fourth-order valence-electron chi connectivity index (χ4n) is 2.78. The van der Waals surface area contributed by atoms with Crippen LogP contribution in [0.2, 0.25) is 5.02 Å². The molecule has 0 fully saturated rings. The van der Waals surface area contributed by atoms with Gasteiger partial charge in [-0.25, -0.2) is 0 Å². The van der Waals surface area contributed by atoms with Crippen LogP contribution in [-0.4, -0.2) is 17.0 Å². The van der Waals surface area contributed by atoms with Gasteiger partial charge in [-0.15, -0.1) is 0 Å². The zero-order valence-corrected chi connectivity index (χ0v) is 17.2. The SMILES string of the molecule is O=C(/C=C/c1ccc(OCc2ccccc2)cc1)NCCCn1cc(Cl)ccc1=O. The lowest BCUT2D eigenvalue weighted by molar-refractivity contribution is -0.116. The number of ether oxygens (including phenoxy) is 1. The Morgan fingerprint density at radius 2 is 1.80 bits per heavy atom. The number of benzene rings is 2. The number of hydrogen-bond acceptors (Lipinski definition) is 3. The summed E-state index contributed by atoms with van der Waals surface area (Å²) in [5.74, 6) is 0.592. The van der Waals surface area contributed by atoms with Crippen LogP contribution in [-0.2, 0) is 17.9 Å². The summed E-state index contributed by atoms with van der Waals surface area (Å²) in [5.41, 5.74) is 1.91. The fraction of sp³-hybridized carbons (Fsp3) is 0.167. The summed E-state index contributed by atoms with van der Waals surface area (Å²) < 4.78 is 7.29. The number of rotatable bonds is 9. The molecule has 0 saturated carbocycles. The highest BCUT2D eigenvalue weighted by molar-refractivity contribution is 6.30. The molecule has 3 rings (SSSR count). The van der Waals surface area contributed by atoms with Gasteiger partial charge in [-0.2, -0.15) is 0 Å². The van der Waals surface area contributed by atoms with Gasteiger partial charge in [0.2, 0.25) is 5.91 Å². The van der Waals surface area contributed by atoms with Gasteiger partial charge in [0.05, 0.1) is 5.02 Å². The normalized spacial score (nSPS) is 10.8. The molecule has 0 atom stereocenters. The zero-order chi connectivity index (χ0) is 21.2. The van der Waals surface area contributed by atoms with E-state index in [1.54, 1.807) is 18.3 Å². The van der Waals surface area contributed by atoms with Gasteiger partial charge < -0.3 is 14.6 Å². The van der Waals surface area contributed by atoms with Crippen molar-refractivity contribution in [2.75, 3.05) is 6.54 Å². The van der Waals surface area contributed by atoms with E-state index in [-0.39, 0.29) is 11.5 Å². The molecule has 2 aromatic carbocycles.